The highest BCUT2D eigenvalue weighted by Gasteiger charge is 2.20. The van der Waals surface area contributed by atoms with Crippen LogP contribution >= 0.6 is 0 Å². The van der Waals surface area contributed by atoms with E-state index >= 15 is 0 Å². The lowest BCUT2D eigenvalue weighted by atomic mass is 10.0. The third-order valence-corrected chi connectivity index (χ3v) is 3.19. The van der Waals surface area contributed by atoms with Crippen molar-refractivity contribution in [2.24, 2.45) is 0 Å². The number of nitrogens with zero attached hydrogens (tertiary/aromatic N) is 2. The van der Waals surface area contributed by atoms with Gasteiger partial charge in [-0.05, 0) is 37.6 Å². The molecule has 0 aliphatic heterocycles. The first-order valence-corrected chi connectivity index (χ1v) is 6.46. The van der Waals surface area contributed by atoms with Crippen LogP contribution in [0.5, 0.6) is 0 Å². The minimum absolute atomic E-state index is 0.225. The predicted molar refractivity (Wildman–Crippen MR) is 70.7 cm³/mol. The van der Waals surface area contributed by atoms with Gasteiger partial charge in [-0.15, -0.1) is 0 Å². The maximum absolute atomic E-state index is 10.1. The van der Waals surface area contributed by atoms with Crippen molar-refractivity contribution in [1.82, 2.24) is 9.88 Å². The molecule has 0 amide bonds. The summed E-state index contributed by atoms with van der Waals surface area (Å²) < 4.78 is 0. The van der Waals surface area contributed by atoms with Gasteiger partial charge in [-0.25, -0.2) is 0 Å². The van der Waals surface area contributed by atoms with Crippen LogP contribution in [0.3, 0.4) is 0 Å². The summed E-state index contributed by atoms with van der Waals surface area (Å²) in [6, 6.07) is 4.29. The molecule has 1 aromatic rings. The van der Waals surface area contributed by atoms with Crippen molar-refractivity contribution in [3.8, 4) is 0 Å². The van der Waals surface area contributed by atoms with Crippen molar-refractivity contribution in [2.75, 3.05) is 7.05 Å². The monoisotopic (exact) mass is 236 g/mol. The first-order chi connectivity index (χ1) is 8.19. The van der Waals surface area contributed by atoms with E-state index in [0.717, 1.165) is 25.8 Å². The zero-order valence-electron chi connectivity index (χ0n) is 11.1. The highest BCUT2D eigenvalue weighted by Crippen LogP contribution is 2.14. The highest BCUT2D eigenvalue weighted by atomic mass is 16.3. The smallest absolute Gasteiger partial charge is 0.0695 e. The topological polar surface area (TPSA) is 36.4 Å². The first kappa shape index (κ1) is 14.1. The van der Waals surface area contributed by atoms with E-state index in [0.29, 0.717) is 0 Å². The van der Waals surface area contributed by atoms with Crippen LogP contribution in [0.2, 0.25) is 0 Å². The molecule has 17 heavy (non-hydrogen) atoms. The van der Waals surface area contributed by atoms with E-state index in [9.17, 15) is 5.11 Å². The van der Waals surface area contributed by atoms with Gasteiger partial charge >= 0.3 is 0 Å². The number of aliphatic hydroxyl groups is 1. The van der Waals surface area contributed by atoms with E-state index in [1.165, 1.54) is 5.56 Å². The molecule has 0 spiro atoms. The molecule has 2 atom stereocenters. The summed E-state index contributed by atoms with van der Waals surface area (Å²) in [6.45, 7) is 5.10. The summed E-state index contributed by atoms with van der Waals surface area (Å²) >= 11 is 0. The van der Waals surface area contributed by atoms with Crippen molar-refractivity contribution >= 4 is 0 Å². The van der Waals surface area contributed by atoms with Crippen LogP contribution in [0.4, 0.5) is 0 Å². The second-order valence-corrected chi connectivity index (χ2v) is 4.60. The lowest BCUT2D eigenvalue weighted by molar-refractivity contribution is 0.0506. The summed E-state index contributed by atoms with van der Waals surface area (Å²) in [5, 5.41) is 10.1. The summed E-state index contributed by atoms with van der Waals surface area (Å²) in [4.78, 5) is 6.25. The molecule has 0 saturated heterocycles. The molecule has 0 radical (unpaired) electrons. The van der Waals surface area contributed by atoms with E-state index in [1.54, 1.807) is 0 Å². The summed E-state index contributed by atoms with van der Waals surface area (Å²) in [5.74, 6) is 0. The number of pyridine rings is 1. The molecular weight excluding hydrogens is 212 g/mol. The van der Waals surface area contributed by atoms with Crippen LogP contribution in [0.25, 0.3) is 0 Å². The Morgan fingerprint density at radius 2 is 1.94 bits per heavy atom. The fraction of sp³-hybridized carbons (Fsp3) is 0.643. The molecule has 1 heterocycles. The average molecular weight is 236 g/mol. The van der Waals surface area contributed by atoms with E-state index < -0.39 is 0 Å². The van der Waals surface area contributed by atoms with Crippen LogP contribution in [0.1, 0.15) is 38.7 Å². The van der Waals surface area contributed by atoms with Crippen molar-refractivity contribution in [3.63, 3.8) is 0 Å². The van der Waals surface area contributed by atoms with Gasteiger partial charge in [0.25, 0.3) is 0 Å². The van der Waals surface area contributed by atoms with Crippen LogP contribution in [0, 0.1) is 0 Å². The molecule has 96 valence electrons. The zero-order chi connectivity index (χ0) is 12.7. The third-order valence-electron chi connectivity index (χ3n) is 3.19. The number of hydrogen-bond acceptors (Lipinski definition) is 3. The maximum atomic E-state index is 10.1. The molecule has 2 unspecified atom stereocenters. The van der Waals surface area contributed by atoms with Gasteiger partial charge in [0.15, 0.2) is 0 Å². The van der Waals surface area contributed by atoms with Gasteiger partial charge in [-0.3, -0.25) is 9.88 Å². The quantitative estimate of drug-likeness (QED) is 0.790. The van der Waals surface area contributed by atoms with Crippen molar-refractivity contribution in [3.05, 3.63) is 30.1 Å². The first-order valence-electron chi connectivity index (χ1n) is 6.46. The fourth-order valence-corrected chi connectivity index (χ4v) is 2.26. The predicted octanol–water partition coefficient (Wildman–Crippen LogP) is 2.45. The molecular formula is C14H24N2O. The Hall–Kier alpha value is -0.930. The number of aliphatic hydroxyl groups excluding tert-OH is 1. The number of aromatic nitrogens is 1. The van der Waals surface area contributed by atoms with E-state index in [4.69, 9.17) is 0 Å². The highest BCUT2D eigenvalue weighted by molar-refractivity contribution is 5.09. The van der Waals surface area contributed by atoms with Gasteiger partial charge < -0.3 is 5.11 Å². The molecule has 3 heteroatoms. The number of rotatable bonds is 7. The van der Waals surface area contributed by atoms with Crippen LogP contribution in [-0.2, 0) is 6.54 Å². The second kappa shape index (κ2) is 7.41. The second-order valence-electron chi connectivity index (χ2n) is 4.60. The Kier molecular flexibility index (Phi) is 6.16. The maximum Gasteiger partial charge on any atom is 0.0695 e. The van der Waals surface area contributed by atoms with Crippen molar-refractivity contribution < 1.29 is 5.11 Å². The molecule has 0 fully saturated rings. The summed E-state index contributed by atoms with van der Waals surface area (Å²) in [7, 11) is 2.08. The largest absolute Gasteiger partial charge is 0.391 e. The van der Waals surface area contributed by atoms with Gasteiger partial charge in [-0.1, -0.05) is 20.3 Å². The van der Waals surface area contributed by atoms with Crippen LogP contribution in [-0.4, -0.2) is 34.2 Å². The molecule has 0 aromatic carbocycles. The molecule has 0 aliphatic carbocycles. The van der Waals surface area contributed by atoms with E-state index in [-0.39, 0.29) is 12.1 Å². The van der Waals surface area contributed by atoms with Crippen LogP contribution in [0.15, 0.2) is 24.5 Å². The third kappa shape index (κ3) is 4.44. The van der Waals surface area contributed by atoms with Gasteiger partial charge in [0.2, 0.25) is 0 Å². The lowest BCUT2D eigenvalue weighted by Crippen LogP contribution is -2.40. The van der Waals surface area contributed by atoms with Gasteiger partial charge in [0.1, 0.15) is 0 Å². The molecule has 0 bridgehead atoms. The standard InChI is InChI=1S/C14H24N2O/c1-4-6-14(17)13(5-2)16(3)11-12-7-9-15-10-8-12/h7-10,13-14,17H,4-6,11H2,1-3H3. The lowest BCUT2D eigenvalue weighted by Gasteiger charge is -2.31. The molecule has 0 saturated carbocycles. The minimum atomic E-state index is -0.225. The number of likely N-dealkylation sites (N-methyl/N-ethyl adjacent to an activating group) is 1. The molecule has 0 aliphatic rings. The van der Waals surface area contributed by atoms with E-state index in [1.807, 2.05) is 24.5 Å². The molecule has 1 rings (SSSR count). The normalized spacial score (nSPS) is 14.9. The van der Waals surface area contributed by atoms with Crippen molar-refractivity contribution in [2.45, 2.75) is 51.8 Å². The van der Waals surface area contributed by atoms with Gasteiger partial charge in [0.05, 0.1) is 6.10 Å². The Bertz CT molecular complexity index is 302. The zero-order valence-corrected chi connectivity index (χ0v) is 11.1. The fourth-order valence-electron chi connectivity index (χ4n) is 2.26. The molecule has 1 N–H and O–H groups in total. The Morgan fingerprint density at radius 3 is 2.47 bits per heavy atom. The van der Waals surface area contributed by atoms with Crippen molar-refractivity contribution in [1.29, 1.82) is 0 Å². The minimum Gasteiger partial charge on any atom is -0.391 e. The Labute approximate surface area is 104 Å². The number of hydrogen-bond donors (Lipinski definition) is 1. The summed E-state index contributed by atoms with van der Waals surface area (Å²) in [6.07, 6.45) is 6.28. The van der Waals surface area contributed by atoms with E-state index in [2.05, 4.69) is 30.8 Å². The SMILES string of the molecule is CCCC(O)C(CC)N(C)Cc1ccncc1. The van der Waals surface area contributed by atoms with Crippen LogP contribution < -0.4 is 0 Å². The molecule has 3 nitrogen and oxygen atoms in total. The Morgan fingerprint density at radius 1 is 1.29 bits per heavy atom. The van der Waals surface area contributed by atoms with Gasteiger partial charge in [-0.2, -0.15) is 0 Å². The van der Waals surface area contributed by atoms with Gasteiger partial charge in [0, 0.05) is 25.0 Å². The Balaban J connectivity index is 2.57. The molecule has 1 aromatic heterocycles. The summed E-state index contributed by atoms with van der Waals surface area (Å²) in [5.41, 5.74) is 1.24. The average Bonchev–Trinajstić information content (AvgIpc) is 2.31.